The molecule has 3 N–H and O–H groups in total. The average Bonchev–Trinajstić information content (AvgIpc) is 2.70. The van der Waals surface area contributed by atoms with Crippen molar-refractivity contribution < 1.29 is 15.3 Å². The molecule has 0 aromatic heterocycles. The van der Waals surface area contributed by atoms with Crippen LogP contribution in [0.1, 0.15) is 37.3 Å². The molecule has 1 atom stereocenters. The predicted molar refractivity (Wildman–Crippen MR) is 112 cm³/mol. The molecule has 0 aliphatic carbocycles. The van der Waals surface area contributed by atoms with Crippen molar-refractivity contribution in [3.63, 3.8) is 0 Å². The van der Waals surface area contributed by atoms with E-state index in [4.69, 9.17) is 0 Å². The van der Waals surface area contributed by atoms with Crippen LogP contribution in [0.2, 0.25) is 0 Å². The van der Waals surface area contributed by atoms with Gasteiger partial charge in [-0.25, -0.2) is 0 Å². The molecule has 0 aliphatic heterocycles. The summed E-state index contributed by atoms with van der Waals surface area (Å²) in [7, 11) is 0. The van der Waals surface area contributed by atoms with Crippen molar-refractivity contribution in [3.8, 4) is 5.75 Å². The standard InChI is InChI=1S/C24H28O3/c1-3-18(2)23(15-16-25)24(27)14-11-21(20-7-5-4-6-8-20)17-19-9-12-22(26)13-10-19/h4-10,12-13,15,17,24-27H,2-3,11,14,16H2,1H3/b21-17-,23-15-. The Morgan fingerprint density at radius 1 is 1.07 bits per heavy atom. The first-order valence-electron chi connectivity index (χ1n) is 9.27. The van der Waals surface area contributed by atoms with Gasteiger partial charge in [0.2, 0.25) is 0 Å². The molecule has 0 saturated heterocycles. The number of aliphatic hydroxyl groups excluding tert-OH is 2. The number of hydrogen-bond acceptors (Lipinski definition) is 3. The van der Waals surface area contributed by atoms with E-state index in [2.05, 4.69) is 12.7 Å². The first-order valence-corrected chi connectivity index (χ1v) is 9.27. The molecule has 0 spiro atoms. The molecule has 27 heavy (non-hydrogen) atoms. The Bertz CT molecular complexity index is 786. The Balaban J connectivity index is 2.23. The number of phenolic OH excluding ortho intramolecular Hbond substituents is 1. The summed E-state index contributed by atoms with van der Waals surface area (Å²) in [6.07, 6.45) is 4.98. The van der Waals surface area contributed by atoms with Crippen molar-refractivity contribution in [1.82, 2.24) is 0 Å². The normalized spacial score (nSPS) is 13.4. The fraction of sp³-hybridized carbons (Fsp3) is 0.250. The van der Waals surface area contributed by atoms with Crippen LogP contribution in [0, 0.1) is 0 Å². The van der Waals surface area contributed by atoms with Crippen molar-refractivity contribution in [2.24, 2.45) is 0 Å². The maximum atomic E-state index is 10.6. The van der Waals surface area contributed by atoms with Crippen LogP contribution in [0.4, 0.5) is 0 Å². The van der Waals surface area contributed by atoms with Crippen LogP contribution in [0.25, 0.3) is 11.6 Å². The van der Waals surface area contributed by atoms with Gasteiger partial charge in [0, 0.05) is 0 Å². The largest absolute Gasteiger partial charge is 0.508 e. The van der Waals surface area contributed by atoms with Gasteiger partial charge >= 0.3 is 0 Å². The third-order valence-corrected chi connectivity index (χ3v) is 4.57. The van der Waals surface area contributed by atoms with Crippen molar-refractivity contribution in [2.45, 2.75) is 32.3 Å². The summed E-state index contributed by atoms with van der Waals surface area (Å²) < 4.78 is 0. The molecule has 1 unspecified atom stereocenters. The Morgan fingerprint density at radius 2 is 1.74 bits per heavy atom. The smallest absolute Gasteiger partial charge is 0.115 e. The van der Waals surface area contributed by atoms with Crippen LogP contribution >= 0.6 is 0 Å². The second kappa shape index (κ2) is 10.5. The molecule has 3 nitrogen and oxygen atoms in total. The summed E-state index contributed by atoms with van der Waals surface area (Å²) >= 11 is 0. The topological polar surface area (TPSA) is 60.7 Å². The van der Waals surface area contributed by atoms with E-state index < -0.39 is 6.10 Å². The average molecular weight is 364 g/mol. The van der Waals surface area contributed by atoms with E-state index in [0.29, 0.717) is 12.8 Å². The van der Waals surface area contributed by atoms with Gasteiger partial charge in [0.25, 0.3) is 0 Å². The number of allylic oxidation sites excluding steroid dienone is 1. The molecule has 0 radical (unpaired) electrons. The lowest BCUT2D eigenvalue weighted by atomic mass is 9.92. The minimum absolute atomic E-state index is 0.111. The highest BCUT2D eigenvalue weighted by Crippen LogP contribution is 2.27. The zero-order valence-electron chi connectivity index (χ0n) is 15.8. The highest BCUT2D eigenvalue weighted by molar-refractivity contribution is 5.81. The highest BCUT2D eigenvalue weighted by Gasteiger charge is 2.14. The monoisotopic (exact) mass is 364 g/mol. The van der Waals surface area contributed by atoms with E-state index in [1.807, 2.05) is 49.4 Å². The van der Waals surface area contributed by atoms with Crippen LogP contribution in [0.15, 0.2) is 78.4 Å². The van der Waals surface area contributed by atoms with Crippen molar-refractivity contribution >= 4 is 11.6 Å². The van der Waals surface area contributed by atoms with Gasteiger partial charge in [0.1, 0.15) is 5.75 Å². The van der Waals surface area contributed by atoms with E-state index >= 15 is 0 Å². The number of aromatic hydroxyl groups is 1. The van der Waals surface area contributed by atoms with Crippen LogP contribution in [-0.4, -0.2) is 28.0 Å². The van der Waals surface area contributed by atoms with E-state index in [1.165, 1.54) is 0 Å². The first-order chi connectivity index (χ1) is 13.0. The summed E-state index contributed by atoms with van der Waals surface area (Å²) in [6.45, 7) is 5.87. The number of rotatable bonds is 9. The molecule has 0 bridgehead atoms. The second-order valence-corrected chi connectivity index (χ2v) is 6.48. The molecule has 0 saturated carbocycles. The van der Waals surface area contributed by atoms with Crippen LogP contribution < -0.4 is 0 Å². The van der Waals surface area contributed by atoms with Crippen molar-refractivity contribution in [3.05, 3.63) is 89.5 Å². The minimum Gasteiger partial charge on any atom is -0.508 e. The quantitative estimate of drug-likeness (QED) is 0.435. The molecule has 3 heteroatoms. The fourth-order valence-corrected chi connectivity index (χ4v) is 2.99. The molecule has 0 fully saturated rings. The Morgan fingerprint density at radius 3 is 2.33 bits per heavy atom. The summed E-state index contributed by atoms with van der Waals surface area (Å²) in [5.74, 6) is 0.237. The van der Waals surface area contributed by atoms with Gasteiger partial charge in [-0.2, -0.15) is 0 Å². The maximum absolute atomic E-state index is 10.6. The lowest BCUT2D eigenvalue weighted by molar-refractivity contribution is 0.202. The highest BCUT2D eigenvalue weighted by atomic mass is 16.3. The molecule has 2 aromatic rings. The van der Waals surface area contributed by atoms with Gasteiger partial charge in [-0.1, -0.05) is 68.1 Å². The maximum Gasteiger partial charge on any atom is 0.115 e. The van der Waals surface area contributed by atoms with Gasteiger partial charge < -0.3 is 15.3 Å². The summed E-state index contributed by atoms with van der Waals surface area (Å²) in [5.41, 5.74) is 4.76. The Kier molecular flexibility index (Phi) is 8.05. The van der Waals surface area contributed by atoms with E-state index in [-0.39, 0.29) is 12.4 Å². The zero-order chi connectivity index (χ0) is 19.6. The van der Waals surface area contributed by atoms with Gasteiger partial charge in [-0.3, -0.25) is 0 Å². The summed E-state index contributed by atoms with van der Waals surface area (Å²) in [4.78, 5) is 0. The van der Waals surface area contributed by atoms with Crippen molar-refractivity contribution in [1.29, 1.82) is 0 Å². The molecule has 0 aliphatic rings. The molecule has 142 valence electrons. The SMILES string of the molecule is C=C(CC)/C(=C/CO)C(O)CC/C(=C/c1ccc(O)cc1)c1ccccc1. The molecule has 2 aromatic carbocycles. The van der Waals surface area contributed by atoms with E-state index in [9.17, 15) is 15.3 Å². The van der Waals surface area contributed by atoms with Gasteiger partial charge in [-0.05, 0) is 59.2 Å². The number of hydrogen-bond donors (Lipinski definition) is 3. The molecular weight excluding hydrogens is 336 g/mol. The zero-order valence-corrected chi connectivity index (χ0v) is 15.8. The first kappa shape index (κ1) is 20.7. The number of benzene rings is 2. The summed E-state index contributed by atoms with van der Waals surface area (Å²) in [5, 5.41) is 29.4. The van der Waals surface area contributed by atoms with Gasteiger partial charge in [-0.15, -0.1) is 0 Å². The van der Waals surface area contributed by atoms with Gasteiger partial charge in [0.15, 0.2) is 0 Å². The van der Waals surface area contributed by atoms with Crippen molar-refractivity contribution in [2.75, 3.05) is 6.61 Å². The minimum atomic E-state index is -0.670. The van der Waals surface area contributed by atoms with Crippen LogP contribution in [0.3, 0.4) is 0 Å². The Hall–Kier alpha value is -2.62. The second-order valence-electron chi connectivity index (χ2n) is 6.48. The predicted octanol–water partition coefficient (Wildman–Crippen LogP) is 4.96. The number of aliphatic hydroxyl groups is 2. The van der Waals surface area contributed by atoms with Crippen LogP contribution in [0.5, 0.6) is 5.75 Å². The molecule has 0 amide bonds. The lowest BCUT2D eigenvalue weighted by Crippen LogP contribution is -2.13. The van der Waals surface area contributed by atoms with E-state index in [1.54, 1.807) is 18.2 Å². The van der Waals surface area contributed by atoms with Gasteiger partial charge in [0.05, 0.1) is 12.7 Å². The fourth-order valence-electron chi connectivity index (χ4n) is 2.99. The van der Waals surface area contributed by atoms with E-state index in [0.717, 1.165) is 34.3 Å². The third kappa shape index (κ3) is 6.24. The molecular formula is C24H28O3. The molecule has 2 rings (SSSR count). The van der Waals surface area contributed by atoms with Crippen LogP contribution in [-0.2, 0) is 0 Å². The summed E-state index contributed by atoms with van der Waals surface area (Å²) in [6, 6.07) is 17.1. The lowest BCUT2D eigenvalue weighted by Gasteiger charge is -2.18. The number of phenols is 1. The molecule has 0 heterocycles. The third-order valence-electron chi connectivity index (χ3n) is 4.57. The Labute approximate surface area is 161 Å².